The third kappa shape index (κ3) is 3.95. The average Bonchev–Trinajstić information content (AvgIpc) is 3.04. The van der Waals surface area contributed by atoms with E-state index in [1.54, 1.807) is 0 Å². The number of aryl methyl sites for hydroxylation is 1. The number of nitrogens with zero attached hydrogens (tertiary/aromatic N) is 5. The summed E-state index contributed by atoms with van der Waals surface area (Å²) in [5, 5.41) is 0.663. The minimum absolute atomic E-state index is 0.165. The van der Waals surface area contributed by atoms with Crippen LogP contribution in [-0.4, -0.2) is 71.9 Å². The number of pyridine rings is 1. The van der Waals surface area contributed by atoms with Crippen molar-refractivity contribution < 1.29 is 4.79 Å². The van der Waals surface area contributed by atoms with Crippen molar-refractivity contribution in [3.8, 4) is 11.3 Å². The van der Waals surface area contributed by atoms with Gasteiger partial charge in [-0.2, -0.15) is 0 Å². The predicted octanol–water partition coefficient (Wildman–Crippen LogP) is 3.17. The van der Waals surface area contributed by atoms with E-state index in [-0.39, 0.29) is 5.91 Å². The molecule has 0 aliphatic carbocycles. The van der Waals surface area contributed by atoms with Crippen LogP contribution in [0.4, 0.5) is 5.69 Å². The zero-order chi connectivity index (χ0) is 20.5. The number of hydrogen-bond acceptors (Lipinski definition) is 4. The minimum atomic E-state index is 0.165. The molecule has 1 aliphatic rings. The first kappa shape index (κ1) is 19.7. The first-order valence-electron chi connectivity index (χ1n) is 9.85. The number of fused-ring (bicyclic) bond motifs is 1. The molecule has 1 aromatic carbocycles. The van der Waals surface area contributed by atoms with Gasteiger partial charge in [0, 0.05) is 49.3 Å². The van der Waals surface area contributed by atoms with Crippen molar-refractivity contribution in [1.82, 2.24) is 19.2 Å². The molecule has 152 valence electrons. The third-order valence-electron chi connectivity index (χ3n) is 5.47. The van der Waals surface area contributed by atoms with Gasteiger partial charge in [0.1, 0.15) is 5.65 Å². The number of rotatable bonds is 5. The second-order valence-corrected chi connectivity index (χ2v) is 8.15. The smallest absolute Gasteiger partial charge is 0.242 e. The first-order chi connectivity index (χ1) is 13.9. The second kappa shape index (κ2) is 8.05. The van der Waals surface area contributed by atoms with Gasteiger partial charge < -0.3 is 19.1 Å². The number of hydrogen-bond donors (Lipinski definition) is 0. The molecule has 1 saturated heterocycles. The molecule has 0 spiro atoms. The zero-order valence-corrected chi connectivity index (χ0v) is 17.9. The largest absolute Gasteiger partial charge is 0.360 e. The van der Waals surface area contributed by atoms with Gasteiger partial charge in [-0.1, -0.05) is 17.7 Å². The molecule has 1 aliphatic heterocycles. The summed E-state index contributed by atoms with van der Waals surface area (Å²) in [7, 11) is 4.05. The van der Waals surface area contributed by atoms with Gasteiger partial charge in [0.2, 0.25) is 5.91 Å². The normalized spacial score (nSPS) is 15.0. The number of carbonyl (C=O) groups excluding carboxylic acids is 1. The number of imidazole rings is 1. The number of piperazine rings is 1. The molecule has 2 aromatic heterocycles. The van der Waals surface area contributed by atoms with Gasteiger partial charge in [0.25, 0.3) is 0 Å². The molecule has 0 radical (unpaired) electrons. The van der Waals surface area contributed by atoms with Crippen molar-refractivity contribution in [3.05, 3.63) is 53.3 Å². The lowest BCUT2D eigenvalue weighted by Crippen LogP contribution is -2.51. The molecule has 0 bridgehead atoms. The van der Waals surface area contributed by atoms with E-state index in [1.807, 2.05) is 62.4 Å². The molecule has 29 heavy (non-hydrogen) atoms. The molecule has 1 fully saturated rings. The van der Waals surface area contributed by atoms with Gasteiger partial charge in [-0.25, -0.2) is 4.98 Å². The second-order valence-electron chi connectivity index (χ2n) is 7.74. The van der Waals surface area contributed by atoms with Crippen LogP contribution in [0, 0.1) is 6.92 Å². The molecular weight excluding hydrogens is 386 g/mol. The van der Waals surface area contributed by atoms with Crippen LogP contribution in [0.25, 0.3) is 16.9 Å². The maximum absolute atomic E-state index is 12.6. The highest BCUT2D eigenvalue weighted by molar-refractivity contribution is 6.33. The van der Waals surface area contributed by atoms with Gasteiger partial charge in [-0.3, -0.25) is 4.79 Å². The Hall–Kier alpha value is -2.57. The monoisotopic (exact) mass is 411 g/mol. The molecule has 3 aromatic rings. The van der Waals surface area contributed by atoms with Crippen molar-refractivity contribution >= 4 is 28.8 Å². The molecule has 0 atom stereocenters. The Morgan fingerprint density at radius 2 is 2.00 bits per heavy atom. The summed E-state index contributed by atoms with van der Waals surface area (Å²) in [5.74, 6) is 0.165. The van der Waals surface area contributed by atoms with Crippen molar-refractivity contribution in [2.75, 3.05) is 51.7 Å². The lowest BCUT2D eigenvalue weighted by molar-refractivity contribution is -0.131. The van der Waals surface area contributed by atoms with Crippen LogP contribution >= 0.6 is 11.6 Å². The highest BCUT2D eigenvalue weighted by Gasteiger charge is 2.25. The van der Waals surface area contributed by atoms with Crippen molar-refractivity contribution in [2.24, 2.45) is 0 Å². The summed E-state index contributed by atoms with van der Waals surface area (Å²) < 4.78 is 2.06. The lowest BCUT2D eigenvalue weighted by Gasteiger charge is -2.36. The van der Waals surface area contributed by atoms with Crippen molar-refractivity contribution in [1.29, 1.82) is 0 Å². The summed E-state index contributed by atoms with van der Waals surface area (Å²) in [6, 6.07) is 11.9. The Labute approximate surface area is 176 Å². The topological polar surface area (TPSA) is 44.1 Å². The molecule has 0 N–H and O–H groups in total. The molecular formula is C22H26ClN5O. The van der Waals surface area contributed by atoms with E-state index in [0.29, 0.717) is 11.6 Å². The molecule has 0 unspecified atom stereocenters. The fourth-order valence-electron chi connectivity index (χ4n) is 3.75. The Bertz CT molecular complexity index is 1040. The molecule has 0 saturated carbocycles. The van der Waals surface area contributed by atoms with E-state index < -0.39 is 0 Å². The summed E-state index contributed by atoms with van der Waals surface area (Å²) in [6.45, 7) is 5.63. The third-order valence-corrected chi connectivity index (χ3v) is 5.80. The summed E-state index contributed by atoms with van der Waals surface area (Å²) in [6.07, 6.45) is 2.00. The van der Waals surface area contributed by atoms with E-state index in [4.69, 9.17) is 16.6 Å². The number of benzene rings is 1. The SMILES string of the molecule is Cc1c(-c2cc(N3CCN(CCN(C)C)C(=O)C3)ccc2Cl)nc2ccccn12. The van der Waals surface area contributed by atoms with Crippen molar-refractivity contribution in [3.63, 3.8) is 0 Å². The molecule has 1 amide bonds. The fraction of sp³-hybridized carbons (Fsp3) is 0.364. The maximum Gasteiger partial charge on any atom is 0.242 e. The average molecular weight is 412 g/mol. The molecule has 6 nitrogen and oxygen atoms in total. The van der Waals surface area contributed by atoms with E-state index in [1.165, 1.54) is 0 Å². The Morgan fingerprint density at radius 3 is 2.72 bits per heavy atom. The van der Waals surface area contributed by atoms with Gasteiger partial charge >= 0.3 is 0 Å². The van der Waals surface area contributed by atoms with Gasteiger partial charge in [0.15, 0.2) is 0 Å². The van der Waals surface area contributed by atoms with Crippen LogP contribution in [0.1, 0.15) is 5.69 Å². The highest BCUT2D eigenvalue weighted by atomic mass is 35.5. The lowest BCUT2D eigenvalue weighted by atomic mass is 10.1. The Morgan fingerprint density at radius 1 is 1.17 bits per heavy atom. The quantitative estimate of drug-likeness (QED) is 0.646. The van der Waals surface area contributed by atoms with Crippen LogP contribution in [0.5, 0.6) is 0 Å². The van der Waals surface area contributed by atoms with E-state index in [0.717, 1.165) is 54.5 Å². The van der Waals surface area contributed by atoms with E-state index in [9.17, 15) is 4.79 Å². The number of aromatic nitrogens is 2. The van der Waals surface area contributed by atoms with Crippen LogP contribution in [0.2, 0.25) is 5.02 Å². The Kier molecular flexibility index (Phi) is 5.48. The zero-order valence-electron chi connectivity index (χ0n) is 17.1. The minimum Gasteiger partial charge on any atom is -0.360 e. The first-order valence-corrected chi connectivity index (χ1v) is 10.2. The van der Waals surface area contributed by atoms with Crippen LogP contribution in [0.15, 0.2) is 42.6 Å². The highest BCUT2D eigenvalue weighted by Crippen LogP contribution is 2.34. The van der Waals surface area contributed by atoms with E-state index >= 15 is 0 Å². The predicted molar refractivity (Wildman–Crippen MR) is 118 cm³/mol. The molecule has 7 heteroatoms. The summed E-state index contributed by atoms with van der Waals surface area (Å²) in [4.78, 5) is 23.6. The van der Waals surface area contributed by atoms with Gasteiger partial charge in [-0.15, -0.1) is 0 Å². The van der Waals surface area contributed by atoms with Gasteiger partial charge in [-0.05, 0) is 51.4 Å². The van der Waals surface area contributed by atoms with Gasteiger partial charge in [0.05, 0.1) is 17.3 Å². The van der Waals surface area contributed by atoms with Crippen LogP contribution in [-0.2, 0) is 4.79 Å². The summed E-state index contributed by atoms with van der Waals surface area (Å²) in [5.41, 5.74) is 4.71. The molecule has 3 heterocycles. The maximum atomic E-state index is 12.6. The molecule has 4 rings (SSSR count). The summed E-state index contributed by atoms with van der Waals surface area (Å²) >= 11 is 6.54. The fourth-order valence-corrected chi connectivity index (χ4v) is 3.96. The van der Waals surface area contributed by atoms with Crippen LogP contribution < -0.4 is 4.90 Å². The number of amides is 1. The number of anilines is 1. The number of halogens is 1. The number of likely N-dealkylation sites (N-methyl/N-ethyl adjacent to an activating group) is 1. The van der Waals surface area contributed by atoms with E-state index in [2.05, 4.69) is 20.3 Å². The van der Waals surface area contributed by atoms with Crippen molar-refractivity contribution in [2.45, 2.75) is 6.92 Å². The van der Waals surface area contributed by atoms with Crippen LogP contribution in [0.3, 0.4) is 0 Å². The Balaban J connectivity index is 1.59. The standard InChI is InChI=1S/C22H26ClN5O/c1-16-22(24-20-6-4-5-9-28(16)20)18-14-17(7-8-19(18)23)27-13-12-26(21(29)15-27)11-10-25(2)3/h4-9,14H,10-13,15H2,1-3H3. The number of carbonyl (C=O) groups is 1.